The highest BCUT2D eigenvalue weighted by Crippen LogP contribution is 2.23. The van der Waals surface area contributed by atoms with Gasteiger partial charge in [-0.25, -0.2) is 4.79 Å². The van der Waals surface area contributed by atoms with E-state index < -0.39 is 16.6 Å². The van der Waals surface area contributed by atoms with Crippen LogP contribution in [0.1, 0.15) is 16.1 Å². The largest absolute Gasteiger partial charge is 0.477 e. The lowest BCUT2D eigenvalue weighted by Gasteiger charge is -2.05. The van der Waals surface area contributed by atoms with Crippen LogP contribution in [0.15, 0.2) is 35.0 Å². The lowest BCUT2D eigenvalue weighted by molar-refractivity contribution is -0.385. The molecule has 0 spiro atoms. The number of carboxylic acid groups (broad SMARTS) is 1. The molecule has 0 saturated carbocycles. The number of rotatable bonds is 5. The Hall–Kier alpha value is -2.90. The number of hydrogen-bond acceptors (Lipinski definition) is 6. The van der Waals surface area contributed by atoms with Crippen molar-refractivity contribution in [2.45, 2.75) is 6.54 Å². The molecule has 1 aromatic heterocycles. The van der Waals surface area contributed by atoms with Gasteiger partial charge in [0.05, 0.1) is 17.7 Å². The van der Waals surface area contributed by atoms with E-state index in [4.69, 9.17) is 9.63 Å². The molecule has 0 aliphatic rings. The predicted molar refractivity (Wildman–Crippen MR) is 63.9 cm³/mol. The Kier molecular flexibility index (Phi) is 3.42. The van der Waals surface area contributed by atoms with Gasteiger partial charge in [0.25, 0.3) is 5.69 Å². The van der Waals surface area contributed by atoms with Crippen molar-refractivity contribution in [2.75, 3.05) is 5.32 Å². The molecule has 2 N–H and O–H groups in total. The molecule has 8 nitrogen and oxygen atoms in total. The van der Waals surface area contributed by atoms with Crippen LogP contribution in [0.25, 0.3) is 0 Å². The number of nitrogens with one attached hydrogen (secondary N) is 1. The van der Waals surface area contributed by atoms with Crippen molar-refractivity contribution in [1.82, 2.24) is 5.16 Å². The van der Waals surface area contributed by atoms with Crippen molar-refractivity contribution in [3.63, 3.8) is 0 Å². The molecule has 19 heavy (non-hydrogen) atoms. The second-order valence-corrected chi connectivity index (χ2v) is 3.63. The van der Waals surface area contributed by atoms with E-state index in [1.807, 2.05) is 0 Å². The lowest BCUT2D eigenvalue weighted by atomic mass is 10.1. The average molecular weight is 263 g/mol. The fourth-order valence-corrected chi connectivity index (χ4v) is 1.50. The van der Waals surface area contributed by atoms with Crippen molar-refractivity contribution in [2.24, 2.45) is 0 Å². The van der Waals surface area contributed by atoms with E-state index in [0.29, 0.717) is 18.0 Å². The number of hydrogen-bond donors (Lipinski definition) is 2. The SMILES string of the molecule is O=C(O)c1cc(NCc2ccno2)ccc1[N+](=O)[O-]. The summed E-state index contributed by atoms with van der Waals surface area (Å²) in [6.07, 6.45) is 1.48. The topological polar surface area (TPSA) is 118 Å². The molecule has 8 heteroatoms. The standard InChI is InChI=1S/C11H9N3O5/c15-11(16)9-5-7(1-2-10(9)14(17)18)12-6-8-3-4-13-19-8/h1-5,12H,6H2,(H,15,16). The maximum atomic E-state index is 11.0. The van der Waals surface area contributed by atoms with Crippen molar-refractivity contribution >= 4 is 17.3 Å². The third kappa shape index (κ3) is 2.86. The molecule has 2 rings (SSSR count). The number of carboxylic acids is 1. The molecule has 98 valence electrons. The molecule has 0 radical (unpaired) electrons. The highest BCUT2D eigenvalue weighted by atomic mass is 16.6. The van der Waals surface area contributed by atoms with Gasteiger partial charge in [0, 0.05) is 17.8 Å². The number of anilines is 1. The Labute approximate surface area is 106 Å². The fourth-order valence-electron chi connectivity index (χ4n) is 1.50. The zero-order valence-electron chi connectivity index (χ0n) is 9.57. The number of nitro groups is 1. The second-order valence-electron chi connectivity index (χ2n) is 3.63. The Morgan fingerprint density at radius 3 is 2.84 bits per heavy atom. The summed E-state index contributed by atoms with van der Waals surface area (Å²) < 4.78 is 4.86. The van der Waals surface area contributed by atoms with Gasteiger partial charge in [0.2, 0.25) is 0 Å². The van der Waals surface area contributed by atoms with Gasteiger partial charge in [-0.3, -0.25) is 10.1 Å². The first kappa shape index (κ1) is 12.6. The summed E-state index contributed by atoms with van der Waals surface area (Å²) in [6, 6.07) is 5.43. The number of aromatic nitrogens is 1. The Balaban J connectivity index is 2.20. The van der Waals surface area contributed by atoms with E-state index in [1.165, 1.54) is 18.3 Å². The molecular weight excluding hydrogens is 254 g/mol. The van der Waals surface area contributed by atoms with Crippen LogP contribution in [0, 0.1) is 10.1 Å². The monoisotopic (exact) mass is 263 g/mol. The molecule has 0 unspecified atom stereocenters. The van der Waals surface area contributed by atoms with Crippen LogP contribution in [0.3, 0.4) is 0 Å². The number of nitro benzene ring substituents is 1. The maximum absolute atomic E-state index is 11.0. The summed E-state index contributed by atoms with van der Waals surface area (Å²) in [5.41, 5.74) is -0.371. The van der Waals surface area contributed by atoms with Crippen molar-refractivity contribution in [3.05, 3.63) is 51.9 Å². The highest BCUT2D eigenvalue weighted by Gasteiger charge is 2.19. The number of aromatic carboxylic acids is 1. The molecular formula is C11H9N3O5. The zero-order chi connectivity index (χ0) is 13.8. The van der Waals surface area contributed by atoms with Crippen LogP contribution in [0.4, 0.5) is 11.4 Å². The Morgan fingerprint density at radius 2 is 2.26 bits per heavy atom. The van der Waals surface area contributed by atoms with E-state index >= 15 is 0 Å². The minimum absolute atomic E-state index is 0.302. The van der Waals surface area contributed by atoms with Gasteiger partial charge in [-0.1, -0.05) is 5.16 Å². The molecule has 0 amide bonds. The first-order valence-corrected chi connectivity index (χ1v) is 5.23. The van der Waals surface area contributed by atoms with Gasteiger partial charge >= 0.3 is 5.97 Å². The summed E-state index contributed by atoms with van der Waals surface area (Å²) in [6.45, 7) is 0.302. The summed E-state index contributed by atoms with van der Waals surface area (Å²) >= 11 is 0. The quantitative estimate of drug-likeness (QED) is 0.624. The van der Waals surface area contributed by atoms with Crippen LogP contribution in [0.2, 0.25) is 0 Å². The third-order valence-corrected chi connectivity index (χ3v) is 2.38. The zero-order valence-corrected chi connectivity index (χ0v) is 9.57. The molecule has 0 atom stereocenters. The van der Waals surface area contributed by atoms with E-state index in [-0.39, 0.29) is 5.56 Å². The lowest BCUT2D eigenvalue weighted by Crippen LogP contribution is -2.05. The first-order chi connectivity index (χ1) is 9.08. The smallest absolute Gasteiger partial charge is 0.342 e. The molecule has 0 bridgehead atoms. The van der Waals surface area contributed by atoms with E-state index in [1.54, 1.807) is 6.07 Å². The van der Waals surface area contributed by atoms with E-state index in [0.717, 1.165) is 6.07 Å². The van der Waals surface area contributed by atoms with Crippen molar-refractivity contribution < 1.29 is 19.3 Å². The van der Waals surface area contributed by atoms with Crippen LogP contribution in [-0.4, -0.2) is 21.2 Å². The van der Waals surface area contributed by atoms with Gasteiger partial charge in [-0.2, -0.15) is 0 Å². The van der Waals surface area contributed by atoms with Gasteiger partial charge in [0.1, 0.15) is 5.56 Å². The minimum atomic E-state index is -1.35. The molecule has 0 aliphatic heterocycles. The highest BCUT2D eigenvalue weighted by molar-refractivity contribution is 5.93. The van der Waals surface area contributed by atoms with Gasteiger partial charge in [-0.05, 0) is 12.1 Å². The summed E-state index contributed by atoms with van der Waals surface area (Å²) in [5, 5.41) is 26.0. The summed E-state index contributed by atoms with van der Waals surface area (Å²) in [5.74, 6) is -0.787. The summed E-state index contributed by atoms with van der Waals surface area (Å²) in [4.78, 5) is 20.9. The van der Waals surface area contributed by atoms with Gasteiger partial charge in [0.15, 0.2) is 5.76 Å². The number of carbonyl (C=O) groups is 1. The molecule has 1 heterocycles. The first-order valence-electron chi connectivity index (χ1n) is 5.23. The van der Waals surface area contributed by atoms with E-state index in [2.05, 4.69) is 10.5 Å². The van der Waals surface area contributed by atoms with E-state index in [9.17, 15) is 14.9 Å². The average Bonchev–Trinajstić information content (AvgIpc) is 2.88. The number of nitrogens with zero attached hydrogens (tertiary/aromatic N) is 2. The molecule has 0 saturated heterocycles. The predicted octanol–water partition coefficient (Wildman–Crippen LogP) is 1.89. The summed E-state index contributed by atoms with van der Waals surface area (Å²) in [7, 11) is 0. The van der Waals surface area contributed by atoms with Gasteiger partial charge in [-0.15, -0.1) is 0 Å². The Bertz CT molecular complexity index is 609. The fraction of sp³-hybridized carbons (Fsp3) is 0.0909. The second kappa shape index (κ2) is 5.17. The van der Waals surface area contributed by atoms with Crippen LogP contribution < -0.4 is 5.32 Å². The molecule has 0 aliphatic carbocycles. The van der Waals surface area contributed by atoms with Crippen LogP contribution >= 0.6 is 0 Å². The van der Waals surface area contributed by atoms with Crippen LogP contribution in [0.5, 0.6) is 0 Å². The van der Waals surface area contributed by atoms with Crippen molar-refractivity contribution in [3.8, 4) is 0 Å². The van der Waals surface area contributed by atoms with Crippen molar-refractivity contribution in [1.29, 1.82) is 0 Å². The molecule has 0 fully saturated rings. The molecule has 2 aromatic rings. The maximum Gasteiger partial charge on any atom is 0.342 e. The van der Waals surface area contributed by atoms with Crippen LogP contribution in [-0.2, 0) is 6.54 Å². The normalized spacial score (nSPS) is 10.1. The minimum Gasteiger partial charge on any atom is -0.477 e. The number of benzene rings is 1. The Morgan fingerprint density at radius 1 is 1.47 bits per heavy atom. The third-order valence-electron chi connectivity index (χ3n) is 2.38. The van der Waals surface area contributed by atoms with Gasteiger partial charge < -0.3 is 14.9 Å². The molecule has 1 aromatic carbocycles.